The Bertz CT molecular complexity index is 214. The van der Waals surface area contributed by atoms with Crippen molar-refractivity contribution < 1.29 is 9.53 Å². The van der Waals surface area contributed by atoms with Gasteiger partial charge in [-0.1, -0.05) is 0 Å². The van der Waals surface area contributed by atoms with Gasteiger partial charge in [0.25, 0.3) is 0 Å². The van der Waals surface area contributed by atoms with Gasteiger partial charge in [-0.3, -0.25) is 4.79 Å². The van der Waals surface area contributed by atoms with E-state index in [0.29, 0.717) is 13.0 Å². The molecule has 1 atom stereocenters. The van der Waals surface area contributed by atoms with Crippen LogP contribution in [0.5, 0.6) is 0 Å². The molecule has 1 saturated heterocycles. The Morgan fingerprint density at radius 2 is 2.18 bits per heavy atom. The molecule has 5 nitrogen and oxygen atoms in total. The van der Waals surface area contributed by atoms with Crippen molar-refractivity contribution in [1.29, 1.82) is 0 Å². The zero-order chi connectivity index (χ0) is 12.5. The number of rotatable bonds is 8. The normalized spacial score (nSPS) is 18.2. The van der Waals surface area contributed by atoms with Crippen molar-refractivity contribution in [2.75, 3.05) is 39.8 Å². The molecule has 0 saturated carbocycles. The maximum absolute atomic E-state index is 11.5. The maximum Gasteiger partial charge on any atom is 0.222 e. The summed E-state index contributed by atoms with van der Waals surface area (Å²) in [5.41, 5.74) is 5.46. The van der Waals surface area contributed by atoms with Crippen LogP contribution in [0.4, 0.5) is 0 Å². The maximum atomic E-state index is 11.5. The first-order chi connectivity index (χ1) is 8.26. The second-order valence-electron chi connectivity index (χ2n) is 4.55. The average Bonchev–Trinajstić information content (AvgIpc) is 2.84. The third-order valence-corrected chi connectivity index (χ3v) is 3.18. The number of carbonyl (C=O) groups excluding carboxylic acids is 1. The lowest BCUT2D eigenvalue weighted by Gasteiger charge is -2.15. The summed E-state index contributed by atoms with van der Waals surface area (Å²) < 4.78 is 5.06. The van der Waals surface area contributed by atoms with Crippen LogP contribution in [0.1, 0.15) is 25.7 Å². The van der Waals surface area contributed by atoms with Crippen LogP contribution in [-0.2, 0) is 9.53 Å². The van der Waals surface area contributed by atoms with Gasteiger partial charge in [0.2, 0.25) is 5.91 Å². The van der Waals surface area contributed by atoms with Gasteiger partial charge >= 0.3 is 0 Å². The molecule has 1 aliphatic heterocycles. The van der Waals surface area contributed by atoms with Crippen molar-refractivity contribution >= 4 is 5.91 Å². The largest absolute Gasteiger partial charge is 0.380 e. The summed E-state index contributed by atoms with van der Waals surface area (Å²) in [6.45, 7) is 4.65. The highest BCUT2D eigenvalue weighted by Crippen LogP contribution is 2.06. The molecule has 0 aromatic rings. The molecule has 0 spiro atoms. The third-order valence-electron chi connectivity index (χ3n) is 3.18. The summed E-state index contributed by atoms with van der Waals surface area (Å²) >= 11 is 0. The van der Waals surface area contributed by atoms with Crippen LogP contribution in [0.2, 0.25) is 0 Å². The molecule has 5 heteroatoms. The van der Waals surface area contributed by atoms with Crippen LogP contribution >= 0.6 is 0 Å². The van der Waals surface area contributed by atoms with Gasteiger partial charge < -0.3 is 20.7 Å². The summed E-state index contributed by atoms with van der Waals surface area (Å²) in [5.74, 6) is 0.0312. The highest BCUT2D eigenvalue weighted by Gasteiger charge is 2.12. The first-order valence-electron chi connectivity index (χ1n) is 6.48. The minimum absolute atomic E-state index is 0.0312. The van der Waals surface area contributed by atoms with E-state index >= 15 is 0 Å². The first-order valence-corrected chi connectivity index (χ1v) is 6.48. The number of hydrogen-bond donors (Lipinski definition) is 2. The topological polar surface area (TPSA) is 67.6 Å². The van der Waals surface area contributed by atoms with Crippen LogP contribution in [0.15, 0.2) is 0 Å². The van der Waals surface area contributed by atoms with Crippen molar-refractivity contribution in [3.8, 4) is 0 Å². The number of nitrogens with zero attached hydrogens (tertiary/aromatic N) is 1. The van der Waals surface area contributed by atoms with Gasteiger partial charge in [-0.2, -0.15) is 0 Å². The Kier molecular flexibility index (Phi) is 7.16. The molecular formula is C12H25N3O2. The molecule has 17 heavy (non-hydrogen) atoms. The van der Waals surface area contributed by atoms with E-state index < -0.39 is 0 Å². The van der Waals surface area contributed by atoms with Crippen LogP contribution in [0.3, 0.4) is 0 Å². The number of ether oxygens (including phenoxy) is 1. The Morgan fingerprint density at radius 1 is 1.47 bits per heavy atom. The summed E-state index contributed by atoms with van der Waals surface area (Å²) in [6, 6.07) is 0. The molecule has 0 aromatic heterocycles. The van der Waals surface area contributed by atoms with Crippen molar-refractivity contribution in [2.24, 2.45) is 5.73 Å². The molecule has 1 heterocycles. The fraction of sp³-hybridized carbons (Fsp3) is 0.917. The van der Waals surface area contributed by atoms with E-state index in [2.05, 4.69) is 10.2 Å². The van der Waals surface area contributed by atoms with E-state index in [1.807, 2.05) is 0 Å². The fourth-order valence-electron chi connectivity index (χ4n) is 2.08. The number of amides is 1. The van der Waals surface area contributed by atoms with Crippen molar-refractivity contribution in [3.05, 3.63) is 0 Å². The van der Waals surface area contributed by atoms with Gasteiger partial charge in [0.05, 0.1) is 12.5 Å². The predicted octanol–water partition coefficient (Wildman–Crippen LogP) is -0.0477. The number of likely N-dealkylation sites (tertiary alicyclic amines) is 1. The zero-order valence-electron chi connectivity index (χ0n) is 10.8. The minimum atomic E-state index is -0.159. The lowest BCUT2D eigenvalue weighted by molar-refractivity contribution is -0.123. The molecule has 1 rings (SSSR count). The molecule has 1 unspecified atom stereocenters. The van der Waals surface area contributed by atoms with Crippen molar-refractivity contribution in [2.45, 2.75) is 31.8 Å². The Labute approximate surface area is 104 Å². The molecule has 0 radical (unpaired) electrons. The molecule has 0 aromatic carbocycles. The van der Waals surface area contributed by atoms with E-state index in [1.54, 1.807) is 7.11 Å². The Balaban J connectivity index is 1.99. The van der Waals surface area contributed by atoms with Crippen LogP contribution in [0.25, 0.3) is 0 Å². The summed E-state index contributed by atoms with van der Waals surface area (Å²) in [7, 11) is 1.58. The molecular weight excluding hydrogens is 218 g/mol. The number of methoxy groups -OCH3 is 1. The standard InChI is InChI=1S/C12H25N3O2/c1-17-11(10-13)9-12(16)14-5-4-8-15-6-2-3-7-15/h11H,2-10,13H2,1H3,(H,14,16). The summed E-state index contributed by atoms with van der Waals surface area (Å²) in [6.07, 6.45) is 3.85. The molecule has 1 aliphatic rings. The molecule has 0 aliphatic carbocycles. The lowest BCUT2D eigenvalue weighted by Crippen LogP contribution is -2.33. The Hall–Kier alpha value is -0.650. The fourth-order valence-corrected chi connectivity index (χ4v) is 2.08. The van der Waals surface area contributed by atoms with E-state index in [4.69, 9.17) is 10.5 Å². The highest BCUT2D eigenvalue weighted by molar-refractivity contribution is 5.76. The molecule has 100 valence electrons. The zero-order valence-corrected chi connectivity index (χ0v) is 10.8. The van der Waals surface area contributed by atoms with Gasteiger partial charge in [0.1, 0.15) is 0 Å². The number of nitrogens with two attached hydrogens (primary N) is 1. The SMILES string of the molecule is COC(CN)CC(=O)NCCCN1CCCC1. The second kappa shape index (κ2) is 8.44. The van der Waals surface area contributed by atoms with E-state index in [0.717, 1.165) is 19.5 Å². The van der Waals surface area contributed by atoms with Gasteiger partial charge in [0.15, 0.2) is 0 Å². The van der Waals surface area contributed by atoms with Crippen LogP contribution < -0.4 is 11.1 Å². The van der Waals surface area contributed by atoms with Crippen LogP contribution in [0, 0.1) is 0 Å². The smallest absolute Gasteiger partial charge is 0.222 e. The van der Waals surface area contributed by atoms with E-state index in [9.17, 15) is 4.79 Å². The van der Waals surface area contributed by atoms with Crippen LogP contribution in [-0.4, -0.2) is 56.7 Å². The number of nitrogens with one attached hydrogen (secondary N) is 1. The van der Waals surface area contributed by atoms with Gasteiger partial charge in [-0.25, -0.2) is 0 Å². The van der Waals surface area contributed by atoms with Gasteiger partial charge in [-0.05, 0) is 38.9 Å². The first kappa shape index (κ1) is 14.4. The van der Waals surface area contributed by atoms with E-state index in [1.165, 1.54) is 25.9 Å². The summed E-state index contributed by atoms with van der Waals surface area (Å²) in [4.78, 5) is 14.0. The monoisotopic (exact) mass is 243 g/mol. The van der Waals surface area contributed by atoms with Gasteiger partial charge in [-0.15, -0.1) is 0 Å². The second-order valence-corrected chi connectivity index (χ2v) is 4.55. The third kappa shape index (κ3) is 6.00. The summed E-state index contributed by atoms with van der Waals surface area (Å²) in [5, 5.41) is 2.90. The molecule has 1 fully saturated rings. The van der Waals surface area contributed by atoms with Gasteiger partial charge in [0, 0.05) is 20.2 Å². The average molecular weight is 243 g/mol. The quantitative estimate of drug-likeness (QED) is 0.587. The molecule has 1 amide bonds. The lowest BCUT2D eigenvalue weighted by atomic mass is 10.2. The predicted molar refractivity (Wildman–Crippen MR) is 67.8 cm³/mol. The van der Waals surface area contributed by atoms with Crippen molar-refractivity contribution in [1.82, 2.24) is 10.2 Å². The number of hydrogen-bond acceptors (Lipinski definition) is 4. The Morgan fingerprint density at radius 3 is 2.76 bits per heavy atom. The van der Waals surface area contributed by atoms with E-state index in [-0.39, 0.29) is 12.0 Å². The molecule has 3 N–H and O–H groups in total. The molecule has 0 bridgehead atoms. The minimum Gasteiger partial charge on any atom is -0.380 e. The number of carbonyl (C=O) groups is 1. The van der Waals surface area contributed by atoms with Crippen molar-refractivity contribution in [3.63, 3.8) is 0 Å². The highest BCUT2D eigenvalue weighted by atomic mass is 16.5.